The minimum Gasteiger partial charge on any atom is -0.494 e. The maximum atomic E-state index is 12.4. The van der Waals surface area contributed by atoms with Crippen LogP contribution in [0.4, 0.5) is 11.4 Å². The van der Waals surface area contributed by atoms with E-state index in [1.807, 2.05) is 32.0 Å². The Kier molecular flexibility index (Phi) is 5.11. The van der Waals surface area contributed by atoms with Crippen molar-refractivity contribution in [2.24, 2.45) is 0 Å². The number of nitrogens with two attached hydrogens (primary N) is 1. The molecule has 0 fully saturated rings. The summed E-state index contributed by atoms with van der Waals surface area (Å²) in [6, 6.07) is 10.9. The highest BCUT2D eigenvalue weighted by Crippen LogP contribution is 2.27. The average molecular weight is 314 g/mol. The highest BCUT2D eigenvalue weighted by molar-refractivity contribution is 5.95. The first-order valence-electron chi connectivity index (χ1n) is 7.39. The highest BCUT2D eigenvalue weighted by atomic mass is 16.5. The van der Waals surface area contributed by atoms with Crippen LogP contribution in [0.5, 0.6) is 11.5 Å². The standard InChI is InChI=1S/C18H22N2O3/c1-11-6-5-7-12(2)17(11)23-13(3)18(21)20-15-9-8-14(19)10-16(15)22-4/h5-10,13H,19H2,1-4H3,(H,20,21). The van der Waals surface area contributed by atoms with Gasteiger partial charge in [-0.05, 0) is 44.0 Å². The zero-order chi connectivity index (χ0) is 17.0. The van der Waals surface area contributed by atoms with Crippen molar-refractivity contribution in [3.05, 3.63) is 47.5 Å². The molecule has 2 aromatic carbocycles. The molecular weight excluding hydrogens is 292 g/mol. The van der Waals surface area contributed by atoms with Gasteiger partial charge in [0, 0.05) is 11.8 Å². The lowest BCUT2D eigenvalue weighted by Gasteiger charge is -2.18. The molecule has 122 valence electrons. The maximum Gasteiger partial charge on any atom is 0.265 e. The van der Waals surface area contributed by atoms with Gasteiger partial charge in [-0.25, -0.2) is 0 Å². The van der Waals surface area contributed by atoms with E-state index in [0.29, 0.717) is 17.1 Å². The number of benzene rings is 2. The molecular formula is C18H22N2O3. The second-order valence-electron chi connectivity index (χ2n) is 5.43. The smallest absolute Gasteiger partial charge is 0.265 e. The monoisotopic (exact) mass is 314 g/mol. The van der Waals surface area contributed by atoms with E-state index in [1.165, 1.54) is 7.11 Å². The maximum absolute atomic E-state index is 12.4. The molecule has 0 saturated heterocycles. The van der Waals surface area contributed by atoms with Crippen molar-refractivity contribution in [2.75, 3.05) is 18.2 Å². The fourth-order valence-corrected chi connectivity index (χ4v) is 2.26. The van der Waals surface area contributed by atoms with Gasteiger partial charge in [-0.2, -0.15) is 0 Å². The molecule has 3 N–H and O–H groups in total. The van der Waals surface area contributed by atoms with Crippen LogP contribution in [0.3, 0.4) is 0 Å². The number of hydrogen-bond acceptors (Lipinski definition) is 4. The highest BCUT2D eigenvalue weighted by Gasteiger charge is 2.18. The summed E-state index contributed by atoms with van der Waals surface area (Å²) in [5, 5.41) is 2.80. The summed E-state index contributed by atoms with van der Waals surface area (Å²) in [6.07, 6.45) is -0.642. The number of methoxy groups -OCH3 is 1. The molecule has 0 aliphatic rings. The van der Waals surface area contributed by atoms with Crippen LogP contribution in [-0.4, -0.2) is 19.1 Å². The van der Waals surface area contributed by atoms with Crippen molar-refractivity contribution in [1.82, 2.24) is 0 Å². The number of amides is 1. The third-order valence-corrected chi connectivity index (χ3v) is 3.56. The van der Waals surface area contributed by atoms with E-state index in [9.17, 15) is 4.79 Å². The summed E-state index contributed by atoms with van der Waals surface area (Å²) in [4.78, 5) is 12.4. The topological polar surface area (TPSA) is 73.6 Å². The van der Waals surface area contributed by atoms with Crippen molar-refractivity contribution in [3.63, 3.8) is 0 Å². The molecule has 1 unspecified atom stereocenters. The lowest BCUT2D eigenvalue weighted by molar-refractivity contribution is -0.122. The number of carbonyl (C=O) groups excluding carboxylic acids is 1. The molecule has 0 spiro atoms. The molecule has 0 radical (unpaired) electrons. The number of ether oxygens (including phenoxy) is 2. The van der Waals surface area contributed by atoms with Gasteiger partial charge in [0.25, 0.3) is 5.91 Å². The van der Waals surface area contributed by atoms with Crippen LogP contribution < -0.4 is 20.5 Å². The normalized spacial score (nSPS) is 11.7. The third kappa shape index (κ3) is 3.94. The minimum atomic E-state index is -0.642. The fraction of sp³-hybridized carbons (Fsp3) is 0.278. The molecule has 5 heteroatoms. The Bertz CT molecular complexity index is 693. The molecule has 0 heterocycles. The number of nitrogens with one attached hydrogen (secondary N) is 1. The van der Waals surface area contributed by atoms with Gasteiger partial charge in [0.15, 0.2) is 6.10 Å². The van der Waals surface area contributed by atoms with E-state index in [1.54, 1.807) is 25.1 Å². The van der Waals surface area contributed by atoms with Gasteiger partial charge in [0.1, 0.15) is 11.5 Å². The van der Waals surface area contributed by atoms with Gasteiger partial charge in [0.05, 0.1) is 12.8 Å². The number of aryl methyl sites for hydroxylation is 2. The van der Waals surface area contributed by atoms with E-state index in [0.717, 1.165) is 16.9 Å². The van der Waals surface area contributed by atoms with Gasteiger partial charge >= 0.3 is 0 Å². The second kappa shape index (κ2) is 7.05. The van der Waals surface area contributed by atoms with Gasteiger partial charge in [-0.3, -0.25) is 4.79 Å². The number of rotatable bonds is 5. The summed E-state index contributed by atoms with van der Waals surface area (Å²) >= 11 is 0. The first-order chi connectivity index (χ1) is 10.9. The molecule has 0 saturated carbocycles. The number of nitrogen functional groups attached to an aromatic ring is 1. The van der Waals surface area contributed by atoms with E-state index in [-0.39, 0.29) is 5.91 Å². The van der Waals surface area contributed by atoms with Crippen LogP contribution in [-0.2, 0) is 4.79 Å². The van der Waals surface area contributed by atoms with Crippen LogP contribution in [0.15, 0.2) is 36.4 Å². The van der Waals surface area contributed by atoms with Crippen LogP contribution in [0.2, 0.25) is 0 Å². The van der Waals surface area contributed by atoms with Crippen molar-refractivity contribution in [3.8, 4) is 11.5 Å². The van der Waals surface area contributed by atoms with E-state index in [2.05, 4.69) is 5.32 Å². The molecule has 23 heavy (non-hydrogen) atoms. The number of para-hydroxylation sites is 1. The first-order valence-corrected chi connectivity index (χ1v) is 7.39. The number of anilines is 2. The van der Waals surface area contributed by atoms with Crippen molar-refractivity contribution in [1.29, 1.82) is 0 Å². The quantitative estimate of drug-likeness (QED) is 0.831. The molecule has 1 amide bonds. The largest absolute Gasteiger partial charge is 0.494 e. The third-order valence-electron chi connectivity index (χ3n) is 3.56. The first kappa shape index (κ1) is 16.7. The molecule has 1 atom stereocenters. The predicted octanol–water partition coefficient (Wildman–Crippen LogP) is 3.30. The van der Waals surface area contributed by atoms with Gasteiger partial charge in [-0.1, -0.05) is 18.2 Å². The molecule has 0 bridgehead atoms. The summed E-state index contributed by atoms with van der Waals surface area (Å²) in [5.74, 6) is 0.993. The summed E-state index contributed by atoms with van der Waals surface area (Å²) in [5.41, 5.74) is 8.83. The van der Waals surface area contributed by atoms with Crippen molar-refractivity contribution >= 4 is 17.3 Å². The minimum absolute atomic E-state index is 0.254. The van der Waals surface area contributed by atoms with Crippen LogP contribution in [0, 0.1) is 13.8 Å². The number of hydrogen-bond donors (Lipinski definition) is 2. The Hall–Kier alpha value is -2.69. The number of carbonyl (C=O) groups is 1. The van der Waals surface area contributed by atoms with Crippen LogP contribution in [0.1, 0.15) is 18.1 Å². The fourth-order valence-electron chi connectivity index (χ4n) is 2.26. The SMILES string of the molecule is COc1cc(N)ccc1NC(=O)C(C)Oc1c(C)cccc1C. The second-order valence-corrected chi connectivity index (χ2v) is 5.43. The Morgan fingerprint density at radius 3 is 2.43 bits per heavy atom. The molecule has 5 nitrogen and oxygen atoms in total. The summed E-state index contributed by atoms with van der Waals surface area (Å²) in [7, 11) is 1.53. The Balaban J connectivity index is 2.12. The van der Waals surface area contributed by atoms with Gasteiger partial charge < -0.3 is 20.5 Å². The van der Waals surface area contributed by atoms with Crippen LogP contribution >= 0.6 is 0 Å². The molecule has 2 aromatic rings. The Labute approximate surface area is 136 Å². The van der Waals surface area contributed by atoms with E-state index in [4.69, 9.17) is 15.2 Å². The Morgan fingerprint density at radius 2 is 1.83 bits per heavy atom. The Morgan fingerprint density at radius 1 is 1.17 bits per heavy atom. The lowest BCUT2D eigenvalue weighted by Crippen LogP contribution is -2.30. The van der Waals surface area contributed by atoms with Crippen LogP contribution in [0.25, 0.3) is 0 Å². The average Bonchev–Trinajstić information content (AvgIpc) is 2.52. The lowest BCUT2D eigenvalue weighted by atomic mass is 10.1. The molecule has 0 aromatic heterocycles. The zero-order valence-electron chi connectivity index (χ0n) is 13.8. The van der Waals surface area contributed by atoms with Gasteiger partial charge in [-0.15, -0.1) is 0 Å². The van der Waals surface area contributed by atoms with Gasteiger partial charge in [0.2, 0.25) is 0 Å². The predicted molar refractivity (Wildman–Crippen MR) is 92.0 cm³/mol. The molecule has 0 aliphatic carbocycles. The zero-order valence-corrected chi connectivity index (χ0v) is 13.8. The van der Waals surface area contributed by atoms with E-state index >= 15 is 0 Å². The van der Waals surface area contributed by atoms with Crippen molar-refractivity contribution < 1.29 is 14.3 Å². The molecule has 2 rings (SSSR count). The summed E-state index contributed by atoms with van der Waals surface area (Å²) < 4.78 is 11.1. The summed E-state index contributed by atoms with van der Waals surface area (Å²) in [6.45, 7) is 5.62. The molecule has 0 aliphatic heterocycles. The van der Waals surface area contributed by atoms with E-state index < -0.39 is 6.10 Å². The van der Waals surface area contributed by atoms with Crippen molar-refractivity contribution in [2.45, 2.75) is 26.9 Å².